The van der Waals surface area contributed by atoms with Crippen molar-refractivity contribution in [3.05, 3.63) is 54.0 Å². The van der Waals surface area contributed by atoms with Crippen molar-refractivity contribution in [1.82, 2.24) is 19.7 Å². The molecule has 0 saturated carbocycles. The number of carbonyl (C=O) groups excluding carboxylic acids is 1. The predicted molar refractivity (Wildman–Crippen MR) is 108 cm³/mol. The van der Waals surface area contributed by atoms with Gasteiger partial charge in [-0.2, -0.15) is 18.3 Å². The van der Waals surface area contributed by atoms with E-state index in [9.17, 15) is 18.0 Å². The number of hydrogen-bond donors (Lipinski definition) is 1. The van der Waals surface area contributed by atoms with Gasteiger partial charge in [-0.25, -0.2) is 14.8 Å². The van der Waals surface area contributed by atoms with Crippen LogP contribution in [0.3, 0.4) is 0 Å². The molecule has 0 aliphatic carbocycles. The maximum atomic E-state index is 13.6. The van der Waals surface area contributed by atoms with E-state index in [0.29, 0.717) is 18.9 Å². The molecule has 1 fully saturated rings. The molecule has 11 heteroatoms. The first-order valence-corrected chi connectivity index (χ1v) is 9.87. The van der Waals surface area contributed by atoms with Gasteiger partial charge < -0.3 is 14.8 Å². The summed E-state index contributed by atoms with van der Waals surface area (Å²) in [6.07, 6.45) is 1.10. The zero-order valence-corrected chi connectivity index (χ0v) is 17.1. The molecule has 4 rings (SSSR count). The van der Waals surface area contributed by atoms with Crippen LogP contribution < -0.4 is 5.32 Å². The van der Waals surface area contributed by atoms with Gasteiger partial charge in [0.25, 0.3) is 0 Å². The fourth-order valence-electron chi connectivity index (χ4n) is 3.43. The Morgan fingerprint density at radius 3 is 2.56 bits per heavy atom. The number of esters is 1. The maximum absolute atomic E-state index is 13.6. The highest BCUT2D eigenvalue weighted by atomic mass is 19.4. The van der Waals surface area contributed by atoms with Gasteiger partial charge in [-0.05, 0) is 25.0 Å². The highest BCUT2D eigenvalue weighted by Crippen LogP contribution is 2.36. The Morgan fingerprint density at radius 2 is 1.91 bits per heavy atom. The third-order valence-electron chi connectivity index (χ3n) is 5.10. The average molecular weight is 447 g/mol. The van der Waals surface area contributed by atoms with E-state index in [4.69, 9.17) is 4.74 Å². The minimum atomic E-state index is -4.65. The van der Waals surface area contributed by atoms with Gasteiger partial charge in [-0.15, -0.1) is 0 Å². The summed E-state index contributed by atoms with van der Waals surface area (Å²) < 4.78 is 52.5. The molecule has 1 N–H and O–H groups in total. The Hall–Kier alpha value is -3.47. The van der Waals surface area contributed by atoms with Gasteiger partial charge in [-0.3, -0.25) is 4.68 Å². The van der Waals surface area contributed by atoms with E-state index in [0.717, 1.165) is 19.0 Å². The fraction of sp³-hybridized carbons (Fsp3) is 0.333. The molecule has 0 amide bonds. The van der Waals surface area contributed by atoms with Crippen molar-refractivity contribution in [3.8, 4) is 11.3 Å². The van der Waals surface area contributed by atoms with Gasteiger partial charge >= 0.3 is 12.1 Å². The van der Waals surface area contributed by atoms with Gasteiger partial charge in [0.05, 0.1) is 36.3 Å². The Kier molecular flexibility index (Phi) is 6.08. The highest BCUT2D eigenvalue weighted by Gasteiger charge is 2.35. The predicted octanol–water partition coefficient (Wildman–Crippen LogP) is 4.24. The summed E-state index contributed by atoms with van der Waals surface area (Å²) in [4.78, 5) is 19.5. The number of nitrogens with zero attached hydrogens (tertiary/aromatic N) is 4. The van der Waals surface area contributed by atoms with Crippen LogP contribution in [0.1, 0.15) is 34.8 Å². The summed E-state index contributed by atoms with van der Waals surface area (Å²) in [5, 5.41) is 7.24. The topological polar surface area (TPSA) is 91.2 Å². The number of ether oxygens (including phenoxy) is 2. The Bertz CT molecular complexity index is 1090. The van der Waals surface area contributed by atoms with E-state index in [1.807, 2.05) is 0 Å². The summed E-state index contributed by atoms with van der Waals surface area (Å²) >= 11 is 0. The van der Waals surface area contributed by atoms with Crippen LogP contribution in [0.2, 0.25) is 0 Å². The molecule has 3 heterocycles. The SMILES string of the molecule is COC(=O)c1ccc(-c2nc(Nc3cnn(C4CCOCC4)c3)ncc2C(F)(F)F)cc1. The number of benzene rings is 1. The summed E-state index contributed by atoms with van der Waals surface area (Å²) in [6, 6.07) is 5.74. The van der Waals surface area contributed by atoms with Gasteiger partial charge in [0.15, 0.2) is 0 Å². The van der Waals surface area contributed by atoms with Crippen molar-refractivity contribution in [2.45, 2.75) is 25.1 Å². The molecule has 1 aromatic carbocycles. The molecule has 1 aliphatic rings. The summed E-state index contributed by atoms with van der Waals surface area (Å²) in [6.45, 7) is 1.32. The van der Waals surface area contributed by atoms with Crippen LogP contribution in [0.25, 0.3) is 11.3 Å². The summed E-state index contributed by atoms with van der Waals surface area (Å²) in [5.74, 6) is -0.587. The lowest BCUT2D eigenvalue weighted by molar-refractivity contribution is -0.137. The number of hydrogen-bond acceptors (Lipinski definition) is 7. The number of aromatic nitrogens is 4. The molecule has 0 radical (unpaired) electrons. The third-order valence-corrected chi connectivity index (χ3v) is 5.10. The molecule has 0 bridgehead atoms. The molecule has 168 valence electrons. The molecular formula is C21H20F3N5O3. The van der Waals surface area contributed by atoms with E-state index in [2.05, 4.69) is 25.1 Å². The number of carbonyl (C=O) groups is 1. The van der Waals surface area contributed by atoms with Crippen LogP contribution in [-0.4, -0.2) is 46.0 Å². The van der Waals surface area contributed by atoms with Gasteiger partial charge in [0.2, 0.25) is 5.95 Å². The number of rotatable bonds is 5. The number of nitrogens with one attached hydrogen (secondary N) is 1. The number of halogens is 3. The van der Waals surface area contributed by atoms with Crippen molar-refractivity contribution >= 4 is 17.6 Å². The zero-order chi connectivity index (χ0) is 22.7. The lowest BCUT2D eigenvalue weighted by Crippen LogP contribution is -2.19. The van der Waals surface area contributed by atoms with Crippen LogP contribution in [0, 0.1) is 0 Å². The van der Waals surface area contributed by atoms with Crippen LogP contribution in [-0.2, 0) is 15.7 Å². The van der Waals surface area contributed by atoms with Gasteiger partial charge in [0.1, 0.15) is 5.56 Å². The van der Waals surface area contributed by atoms with Crippen LogP contribution >= 0.6 is 0 Å². The second kappa shape index (κ2) is 8.95. The number of methoxy groups -OCH3 is 1. The fourth-order valence-corrected chi connectivity index (χ4v) is 3.43. The molecule has 1 aliphatic heterocycles. The van der Waals surface area contributed by atoms with Gasteiger partial charge in [-0.1, -0.05) is 12.1 Å². The molecule has 32 heavy (non-hydrogen) atoms. The second-order valence-electron chi connectivity index (χ2n) is 7.20. The van der Waals surface area contributed by atoms with E-state index < -0.39 is 17.7 Å². The third kappa shape index (κ3) is 4.72. The largest absolute Gasteiger partial charge is 0.465 e. The smallest absolute Gasteiger partial charge is 0.419 e. The van der Waals surface area contributed by atoms with Crippen LogP contribution in [0.15, 0.2) is 42.9 Å². The normalized spacial score (nSPS) is 14.9. The first-order chi connectivity index (χ1) is 15.3. The maximum Gasteiger partial charge on any atom is 0.419 e. The van der Waals surface area contributed by atoms with Crippen LogP contribution in [0.5, 0.6) is 0 Å². The first-order valence-electron chi connectivity index (χ1n) is 9.87. The lowest BCUT2D eigenvalue weighted by atomic mass is 10.0. The monoisotopic (exact) mass is 447 g/mol. The molecule has 8 nitrogen and oxygen atoms in total. The lowest BCUT2D eigenvalue weighted by Gasteiger charge is -2.22. The first kappa shape index (κ1) is 21.8. The quantitative estimate of drug-likeness (QED) is 0.585. The molecule has 0 atom stereocenters. The van der Waals surface area contributed by atoms with Crippen molar-refractivity contribution in [3.63, 3.8) is 0 Å². The number of alkyl halides is 3. The Morgan fingerprint density at radius 1 is 1.19 bits per heavy atom. The van der Waals surface area contributed by atoms with Crippen LogP contribution in [0.4, 0.5) is 24.8 Å². The standard InChI is InChI=1S/C21H20F3N5O3/c1-31-19(30)14-4-2-13(3-5-14)18-17(21(22,23)24)11-25-20(28-18)27-15-10-26-29(12-15)16-6-8-32-9-7-16/h2-5,10-12,16H,6-9H2,1H3,(H,25,27,28). The van der Waals surface area contributed by atoms with E-state index in [1.165, 1.54) is 31.4 Å². The Balaban J connectivity index is 1.62. The molecule has 3 aromatic rings. The minimum absolute atomic E-state index is 0.00317. The van der Waals surface area contributed by atoms with E-state index in [1.54, 1.807) is 17.1 Å². The van der Waals surface area contributed by atoms with Crippen molar-refractivity contribution in [1.29, 1.82) is 0 Å². The average Bonchev–Trinajstić information content (AvgIpc) is 3.27. The second-order valence-corrected chi connectivity index (χ2v) is 7.20. The van der Waals surface area contributed by atoms with E-state index in [-0.39, 0.29) is 28.8 Å². The van der Waals surface area contributed by atoms with Crippen molar-refractivity contribution < 1.29 is 27.4 Å². The molecule has 0 unspecified atom stereocenters. The summed E-state index contributed by atoms with van der Waals surface area (Å²) in [7, 11) is 1.23. The molecular weight excluding hydrogens is 427 g/mol. The minimum Gasteiger partial charge on any atom is -0.465 e. The Labute approximate surface area is 181 Å². The van der Waals surface area contributed by atoms with Gasteiger partial charge in [0, 0.05) is 31.2 Å². The number of anilines is 2. The molecule has 2 aromatic heterocycles. The zero-order valence-electron chi connectivity index (χ0n) is 17.1. The van der Waals surface area contributed by atoms with Crippen molar-refractivity contribution in [2.75, 3.05) is 25.6 Å². The highest BCUT2D eigenvalue weighted by molar-refractivity contribution is 5.90. The summed E-state index contributed by atoms with van der Waals surface area (Å²) in [5.41, 5.74) is -0.315. The molecule has 0 spiro atoms. The molecule has 1 saturated heterocycles. The van der Waals surface area contributed by atoms with Crippen molar-refractivity contribution in [2.24, 2.45) is 0 Å². The van der Waals surface area contributed by atoms with E-state index >= 15 is 0 Å².